The van der Waals surface area contributed by atoms with E-state index in [4.69, 9.17) is 0 Å². The zero-order chi connectivity index (χ0) is 9.10. The van der Waals surface area contributed by atoms with Gasteiger partial charge in [-0.2, -0.15) is 0 Å². The first-order valence-corrected chi connectivity index (χ1v) is 6.79. The zero-order valence-electron chi connectivity index (χ0n) is 8.27. The number of hydrogen-bond acceptors (Lipinski definition) is 0. The summed E-state index contributed by atoms with van der Waals surface area (Å²) < 4.78 is 0. The maximum atomic E-state index is 3.64. The molecule has 1 heteroatoms. The Morgan fingerprint density at radius 2 is 1.77 bits per heavy atom. The van der Waals surface area contributed by atoms with E-state index in [1.165, 1.54) is 44.9 Å². The van der Waals surface area contributed by atoms with Gasteiger partial charge in [-0.3, -0.25) is 0 Å². The Balaban J connectivity index is 1.93. The molecular weight excluding hydrogens is 224 g/mol. The second-order valence-electron chi connectivity index (χ2n) is 4.55. The molecule has 0 aliphatic heterocycles. The van der Waals surface area contributed by atoms with Crippen molar-refractivity contribution in [3.63, 3.8) is 0 Å². The van der Waals surface area contributed by atoms with Crippen molar-refractivity contribution in [2.75, 3.05) is 5.33 Å². The standard InChI is InChI=1S/C12H19Br/c13-9-12(8-10-6-7-10)11-4-2-1-3-5-11/h8,10-11H,1-7,9H2. The van der Waals surface area contributed by atoms with Crippen LogP contribution in [-0.4, -0.2) is 5.33 Å². The molecule has 0 nitrogen and oxygen atoms in total. The average molecular weight is 243 g/mol. The predicted molar refractivity (Wildman–Crippen MR) is 61.2 cm³/mol. The molecule has 2 aliphatic carbocycles. The van der Waals surface area contributed by atoms with Crippen molar-refractivity contribution in [2.24, 2.45) is 11.8 Å². The van der Waals surface area contributed by atoms with Crippen LogP contribution in [0, 0.1) is 11.8 Å². The van der Waals surface area contributed by atoms with E-state index in [1.54, 1.807) is 5.57 Å². The van der Waals surface area contributed by atoms with E-state index in [0.717, 1.165) is 17.2 Å². The normalized spacial score (nSPS) is 26.4. The van der Waals surface area contributed by atoms with Gasteiger partial charge in [-0.05, 0) is 37.5 Å². The van der Waals surface area contributed by atoms with Crippen molar-refractivity contribution >= 4 is 15.9 Å². The Hall–Kier alpha value is 0.220. The van der Waals surface area contributed by atoms with Crippen LogP contribution in [0.2, 0.25) is 0 Å². The molecule has 0 amide bonds. The molecule has 2 aliphatic rings. The highest BCUT2D eigenvalue weighted by Crippen LogP contribution is 2.36. The van der Waals surface area contributed by atoms with Crippen molar-refractivity contribution in [1.82, 2.24) is 0 Å². The summed E-state index contributed by atoms with van der Waals surface area (Å²) >= 11 is 3.64. The Morgan fingerprint density at radius 3 is 2.31 bits per heavy atom. The summed E-state index contributed by atoms with van der Waals surface area (Å²) in [4.78, 5) is 0. The molecule has 0 N–H and O–H groups in total. The van der Waals surface area contributed by atoms with E-state index >= 15 is 0 Å². The summed E-state index contributed by atoms with van der Waals surface area (Å²) in [5.41, 5.74) is 1.71. The van der Waals surface area contributed by atoms with Gasteiger partial charge < -0.3 is 0 Å². The van der Waals surface area contributed by atoms with E-state index < -0.39 is 0 Å². The first kappa shape index (κ1) is 9.76. The molecule has 0 radical (unpaired) electrons. The number of halogens is 1. The predicted octanol–water partition coefficient (Wildman–Crippen LogP) is 4.30. The average Bonchev–Trinajstić information content (AvgIpc) is 2.99. The number of alkyl halides is 1. The van der Waals surface area contributed by atoms with Crippen LogP contribution in [0.1, 0.15) is 44.9 Å². The van der Waals surface area contributed by atoms with Crippen LogP contribution in [0.15, 0.2) is 11.6 Å². The first-order chi connectivity index (χ1) is 6.40. The van der Waals surface area contributed by atoms with E-state index in [-0.39, 0.29) is 0 Å². The summed E-state index contributed by atoms with van der Waals surface area (Å²) in [6, 6.07) is 0. The molecule has 0 atom stereocenters. The lowest BCUT2D eigenvalue weighted by Gasteiger charge is -2.23. The molecule has 0 bridgehead atoms. The Labute approximate surface area is 89.9 Å². The maximum absolute atomic E-state index is 3.64. The molecule has 0 spiro atoms. The molecule has 74 valence electrons. The molecule has 0 aromatic rings. The van der Waals surface area contributed by atoms with E-state index in [9.17, 15) is 0 Å². The molecule has 0 aromatic heterocycles. The van der Waals surface area contributed by atoms with Crippen molar-refractivity contribution in [2.45, 2.75) is 44.9 Å². The van der Waals surface area contributed by atoms with E-state index in [1.807, 2.05) is 0 Å². The fourth-order valence-electron chi connectivity index (χ4n) is 2.33. The van der Waals surface area contributed by atoms with Crippen LogP contribution < -0.4 is 0 Å². The summed E-state index contributed by atoms with van der Waals surface area (Å²) in [6.07, 6.45) is 12.7. The van der Waals surface area contributed by atoms with Gasteiger partial charge in [0.2, 0.25) is 0 Å². The van der Waals surface area contributed by atoms with Gasteiger partial charge in [-0.1, -0.05) is 46.8 Å². The monoisotopic (exact) mass is 242 g/mol. The lowest BCUT2D eigenvalue weighted by atomic mass is 9.84. The van der Waals surface area contributed by atoms with E-state index in [2.05, 4.69) is 22.0 Å². The minimum Gasteiger partial charge on any atom is -0.0880 e. The third-order valence-electron chi connectivity index (χ3n) is 3.36. The molecule has 0 unspecified atom stereocenters. The number of hydrogen-bond donors (Lipinski definition) is 0. The fraction of sp³-hybridized carbons (Fsp3) is 0.833. The van der Waals surface area contributed by atoms with Gasteiger partial charge in [0.05, 0.1) is 0 Å². The second kappa shape index (κ2) is 4.63. The molecule has 0 saturated heterocycles. The van der Waals surface area contributed by atoms with Gasteiger partial charge in [0.15, 0.2) is 0 Å². The molecule has 2 fully saturated rings. The van der Waals surface area contributed by atoms with Crippen LogP contribution in [0.4, 0.5) is 0 Å². The molecule has 0 aromatic carbocycles. The molecule has 13 heavy (non-hydrogen) atoms. The lowest BCUT2D eigenvalue weighted by Crippen LogP contribution is -2.10. The first-order valence-electron chi connectivity index (χ1n) is 5.66. The number of rotatable bonds is 3. The van der Waals surface area contributed by atoms with Crippen molar-refractivity contribution < 1.29 is 0 Å². The van der Waals surface area contributed by atoms with Crippen LogP contribution in [-0.2, 0) is 0 Å². The summed E-state index contributed by atoms with van der Waals surface area (Å²) in [7, 11) is 0. The van der Waals surface area contributed by atoms with Crippen LogP contribution in [0.3, 0.4) is 0 Å². The maximum Gasteiger partial charge on any atom is 0.0244 e. The van der Waals surface area contributed by atoms with Crippen molar-refractivity contribution in [1.29, 1.82) is 0 Å². The van der Waals surface area contributed by atoms with Crippen LogP contribution in [0.25, 0.3) is 0 Å². The van der Waals surface area contributed by atoms with Crippen LogP contribution >= 0.6 is 15.9 Å². The summed E-state index contributed by atoms with van der Waals surface area (Å²) in [5, 5.41) is 1.12. The highest BCUT2D eigenvalue weighted by molar-refractivity contribution is 9.09. The largest absolute Gasteiger partial charge is 0.0880 e. The molecule has 2 rings (SSSR count). The second-order valence-corrected chi connectivity index (χ2v) is 5.11. The van der Waals surface area contributed by atoms with Gasteiger partial charge in [0, 0.05) is 5.33 Å². The Morgan fingerprint density at radius 1 is 1.08 bits per heavy atom. The quantitative estimate of drug-likeness (QED) is 0.512. The fourth-order valence-corrected chi connectivity index (χ4v) is 2.97. The summed E-state index contributed by atoms with van der Waals surface area (Å²) in [5.74, 6) is 1.88. The zero-order valence-corrected chi connectivity index (χ0v) is 9.85. The molecule has 2 saturated carbocycles. The smallest absolute Gasteiger partial charge is 0.0244 e. The van der Waals surface area contributed by atoms with Crippen molar-refractivity contribution in [3.05, 3.63) is 11.6 Å². The SMILES string of the molecule is BrCC(=CC1CC1)C1CCCCC1. The minimum absolute atomic E-state index is 0.925. The Kier molecular flexibility index (Phi) is 3.48. The van der Waals surface area contributed by atoms with Crippen LogP contribution in [0.5, 0.6) is 0 Å². The highest BCUT2D eigenvalue weighted by Gasteiger charge is 2.22. The summed E-state index contributed by atoms with van der Waals surface area (Å²) in [6.45, 7) is 0. The highest BCUT2D eigenvalue weighted by atomic mass is 79.9. The number of allylic oxidation sites excluding steroid dienone is 2. The molecule has 0 heterocycles. The minimum atomic E-state index is 0.925. The Bertz CT molecular complexity index is 185. The topological polar surface area (TPSA) is 0 Å². The third kappa shape index (κ3) is 2.83. The van der Waals surface area contributed by atoms with Gasteiger partial charge >= 0.3 is 0 Å². The molecular formula is C12H19Br. The van der Waals surface area contributed by atoms with Gasteiger partial charge in [-0.25, -0.2) is 0 Å². The van der Waals surface area contributed by atoms with Gasteiger partial charge in [-0.15, -0.1) is 0 Å². The lowest BCUT2D eigenvalue weighted by molar-refractivity contribution is 0.403. The van der Waals surface area contributed by atoms with Gasteiger partial charge in [0.1, 0.15) is 0 Å². The van der Waals surface area contributed by atoms with Gasteiger partial charge in [0.25, 0.3) is 0 Å². The van der Waals surface area contributed by atoms with E-state index in [0.29, 0.717) is 0 Å². The van der Waals surface area contributed by atoms with Crippen molar-refractivity contribution in [3.8, 4) is 0 Å². The third-order valence-corrected chi connectivity index (χ3v) is 4.00.